The zero-order chi connectivity index (χ0) is 21.1. The average Bonchev–Trinajstić information content (AvgIpc) is 3.08. The predicted molar refractivity (Wildman–Crippen MR) is 106 cm³/mol. The summed E-state index contributed by atoms with van der Waals surface area (Å²) in [6.45, 7) is 0. The number of methoxy groups -OCH3 is 4. The molecular weight excluding hydrogens is 381 g/mol. The highest BCUT2D eigenvalue weighted by Crippen LogP contribution is 2.45. The van der Waals surface area contributed by atoms with Gasteiger partial charge < -0.3 is 29.3 Å². The third kappa shape index (κ3) is 3.58. The smallest absolute Gasteiger partial charge is 0.203 e. The molecule has 0 bridgehead atoms. The Morgan fingerprint density at radius 1 is 0.897 bits per heavy atom. The fourth-order valence-electron chi connectivity index (χ4n) is 3.49. The highest BCUT2D eigenvalue weighted by Gasteiger charge is 2.33. The maximum atomic E-state index is 14.3. The van der Waals surface area contributed by atoms with Gasteiger partial charge in [-0.05, 0) is 41.0 Å². The van der Waals surface area contributed by atoms with Crippen LogP contribution in [-0.4, -0.2) is 50.6 Å². The number of hydrogen-bond donors (Lipinski definition) is 2. The Balaban J connectivity index is 2.27. The van der Waals surface area contributed by atoms with Crippen molar-refractivity contribution in [2.24, 2.45) is 5.16 Å². The van der Waals surface area contributed by atoms with Gasteiger partial charge in [0.1, 0.15) is 11.8 Å². The van der Waals surface area contributed by atoms with Crippen LogP contribution < -0.4 is 18.9 Å². The van der Waals surface area contributed by atoms with E-state index in [4.69, 9.17) is 18.9 Å². The minimum Gasteiger partial charge on any atom is -0.494 e. The number of halogens is 1. The molecule has 154 valence electrons. The van der Waals surface area contributed by atoms with Crippen LogP contribution in [0.25, 0.3) is 11.1 Å². The Bertz CT molecular complexity index is 960. The largest absolute Gasteiger partial charge is 0.494 e. The maximum Gasteiger partial charge on any atom is 0.203 e. The summed E-state index contributed by atoms with van der Waals surface area (Å²) in [5, 5.41) is 23.3. The highest BCUT2D eigenvalue weighted by atomic mass is 19.1. The normalized spacial score (nSPS) is 17.6. The number of nitrogens with zero attached hydrogens (tertiary/aromatic N) is 1. The standard InChI is InChI=1S/C21H22FNO6/c1-26-16-6-5-11(7-14(16)22)13-10-15(24)20(23-25)19(13)12-8-17(27-2)21(29-4)18(9-12)28-3/h5-9,15,24-25H,10H2,1-4H3/b23-20-. The van der Waals surface area contributed by atoms with Gasteiger partial charge >= 0.3 is 0 Å². The van der Waals surface area contributed by atoms with Crippen LogP contribution in [0.5, 0.6) is 23.0 Å². The van der Waals surface area contributed by atoms with Gasteiger partial charge in [-0.25, -0.2) is 4.39 Å². The van der Waals surface area contributed by atoms with Crippen LogP contribution >= 0.6 is 0 Å². The molecule has 0 radical (unpaired) electrons. The van der Waals surface area contributed by atoms with Crippen LogP contribution in [0.1, 0.15) is 17.5 Å². The van der Waals surface area contributed by atoms with Crippen molar-refractivity contribution < 1.29 is 33.7 Å². The van der Waals surface area contributed by atoms with Gasteiger partial charge in [-0.3, -0.25) is 0 Å². The monoisotopic (exact) mass is 403 g/mol. The number of benzene rings is 2. The van der Waals surface area contributed by atoms with Crippen molar-refractivity contribution in [2.45, 2.75) is 12.5 Å². The summed E-state index contributed by atoms with van der Waals surface area (Å²) in [7, 11) is 5.85. The van der Waals surface area contributed by atoms with Crippen LogP contribution in [0.4, 0.5) is 4.39 Å². The molecule has 0 saturated heterocycles. The highest BCUT2D eigenvalue weighted by molar-refractivity contribution is 6.35. The molecule has 2 aromatic carbocycles. The van der Waals surface area contributed by atoms with Crippen LogP contribution in [0.15, 0.2) is 35.5 Å². The van der Waals surface area contributed by atoms with Gasteiger partial charge in [0.25, 0.3) is 0 Å². The summed E-state index contributed by atoms with van der Waals surface area (Å²) in [6.07, 6.45) is -0.897. The third-order valence-corrected chi connectivity index (χ3v) is 4.83. The Morgan fingerprint density at radius 2 is 1.52 bits per heavy atom. The second-order valence-corrected chi connectivity index (χ2v) is 6.32. The first-order chi connectivity index (χ1) is 14.0. The number of rotatable bonds is 6. The second kappa shape index (κ2) is 8.40. The lowest BCUT2D eigenvalue weighted by molar-refractivity contribution is 0.240. The molecule has 2 aromatic rings. The molecule has 0 aromatic heterocycles. The number of aliphatic hydroxyl groups excluding tert-OH is 1. The Kier molecular flexibility index (Phi) is 5.93. The van der Waals surface area contributed by atoms with Gasteiger partial charge in [-0.1, -0.05) is 11.2 Å². The van der Waals surface area contributed by atoms with Crippen molar-refractivity contribution >= 4 is 16.9 Å². The van der Waals surface area contributed by atoms with Crippen LogP contribution in [-0.2, 0) is 0 Å². The Morgan fingerprint density at radius 3 is 2.00 bits per heavy atom. The van der Waals surface area contributed by atoms with E-state index in [1.807, 2.05) is 0 Å². The zero-order valence-corrected chi connectivity index (χ0v) is 16.5. The molecule has 1 atom stereocenters. The SMILES string of the molecule is COc1ccc(C2=C(c3cc(OC)c(OC)c(OC)c3)/C(=N\O)C(O)C2)cc1F. The van der Waals surface area contributed by atoms with Crippen molar-refractivity contribution in [3.8, 4) is 23.0 Å². The van der Waals surface area contributed by atoms with Crippen molar-refractivity contribution in [3.05, 3.63) is 47.3 Å². The van der Waals surface area contributed by atoms with E-state index in [0.717, 1.165) is 0 Å². The van der Waals surface area contributed by atoms with Crippen LogP contribution in [0, 0.1) is 5.82 Å². The molecular formula is C21H22FNO6. The summed E-state index contributed by atoms with van der Waals surface area (Å²) >= 11 is 0. The first-order valence-corrected chi connectivity index (χ1v) is 8.76. The van der Waals surface area contributed by atoms with Gasteiger partial charge in [0.05, 0.1) is 28.4 Å². The molecule has 0 fully saturated rings. The molecule has 29 heavy (non-hydrogen) atoms. The summed E-state index contributed by atoms with van der Waals surface area (Å²) in [5.74, 6) is 0.767. The lowest BCUT2D eigenvalue weighted by Crippen LogP contribution is -2.15. The minimum absolute atomic E-state index is 0.0745. The van der Waals surface area contributed by atoms with Crippen LogP contribution in [0.2, 0.25) is 0 Å². The van der Waals surface area contributed by atoms with E-state index in [9.17, 15) is 14.7 Å². The van der Waals surface area contributed by atoms with E-state index in [1.54, 1.807) is 18.2 Å². The fraction of sp³-hybridized carbons (Fsp3) is 0.286. The average molecular weight is 403 g/mol. The topological polar surface area (TPSA) is 89.7 Å². The molecule has 1 aliphatic carbocycles. The van der Waals surface area contributed by atoms with Gasteiger partial charge in [0, 0.05) is 12.0 Å². The van der Waals surface area contributed by atoms with Crippen molar-refractivity contribution in [1.29, 1.82) is 0 Å². The van der Waals surface area contributed by atoms with E-state index in [1.165, 1.54) is 40.6 Å². The molecule has 2 N–H and O–H groups in total. The van der Waals surface area contributed by atoms with E-state index >= 15 is 0 Å². The van der Waals surface area contributed by atoms with Gasteiger partial charge in [-0.15, -0.1) is 0 Å². The van der Waals surface area contributed by atoms with E-state index in [0.29, 0.717) is 39.5 Å². The number of hydrogen-bond acceptors (Lipinski definition) is 7. The molecule has 0 aliphatic heterocycles. The Hall–Kier alpha value is -3.26. The predicted octanol–water partition coefficient (Wildman–Crippen LogP) is 3.37. The quantitative estimate of drug-likeness (QED) is 0.568. The lowest BCUT2D eigenvalue weighted by atomic mass is 9.95. The molecule has 3 rings (SSSR count). The molecule has 8 heteroatoms. The summed E-state index contributed by atoms with van der Waals surface area (Å²) in [5.41, 5.74) is 2.25. The first-order valence-electron chi connectivity index (χ1n) is 8.76. The molecule has 0 saturated carbocycles. The number of aliphatic hydroxyl groups is 1. The van der Waals surface area contributed by atoms with E-state index < -0.39 is 11.9 Å². The van der Waals surface area contributed by atoms with Crippen molar-refractivity contribution in [3.63, 3.8) is 0 Å². The van der Waals surface area contributed by atoms with Crippen molar-refractivity contribution in [2.75, 3.05) is 28.4 Å². The Labute approximate surface area is 167 Å². The summed E-state index contributed by atoms with van der Waals surface area (Å²) in [4.78, 5) is 0. The summed E-state index contributed by atoms with van der Waals surface area (Å²) in [6, 6.07) is 7.87. The van der Waals surface area contributed by atoms with Gasteiger partial charge in [-0.2, -0.15) is 0 Å². The zero-order valence-electron chi connectivity index (χ0n) is 16.5. The molecule has 0 spiro atoms. The molecule has 7 nitrogen and oxygen atoms in total. The molecule has 1 unspecified atom stereocenters. The molecule has 1 aliphatic rings. The van der Waals surface area contributed by atoms with Gasteiger partial charge in [0.15, 0.2) is 23.1 Å². The molecule has 0 amide bonds. The van der Waals surface area contributed by atoms with E-state index in [-0.39, 0.29) is 17.9 Å². The van der Waals surface area contributed by atoms with Gasteiger partial charge in [0.2, 0.25) is 5.75 Å². The second-order valence-electron chi connectivity index (χ2n) is 6.32. The maximum absolute atomic E-state index is 14.3. The fourth-order valence-corrected chi connectivity index (χ4v) is 3.49. The number of ether oxygens (including phenoxy) is 4. The number of oxime groups is 1. The molecule has 0 heterocycles. The van der Waals surface area contributed by atoms with E-state index in [2.05, 4.69) is 5.16 Å². The third-order valence-electron chi connectivity index (χ3n) is 4.83. The lowest BCUT2D eigenvalue weighted by Gasteiger charge is -2.16. The summed E-state index contributed by atoms with van der Waals surface area (Å²) < 4.78 is 35.4. The minimum atomic E-state index is -1.05. The van der Waals surface area contributed by atoms with Crippen molar-refractivity contribution in [1.82, 2.24) is 0 Å². The first kappa shape index (κ1) is 20.5. The van der Waals surface area contributed by atoms with Crippen LogP contribution in [0.3, 0.4) is 0 Å².